The number of nitrogens with two attached hydrogens (primary N) is 2. The molecule has 2 aromatic carbocycles. The molecule has 0 aliphatic heterocycles. The van der Waals surface area contributed by atoms with Gasteiger partial charge in [-0.25, -0.2) is 14.6 Å². The highest BCUT2D eigenvalue weighted by atomic mass is 35.5. The highest BCUT2D eigenvalue weighted by molar-refractivity contribution is 7.17. The quantitative estimate of drug-likeness (QED) is 0.276. The number of hydrogen-bond acceptors (Lipinski definition) is 7. The van der Waals surface area contributed by atoms with E-state index in [2.05, 4.69) is 0 Å². The number of hydrazine groups is 1. The second-order valence-corrected chi connectivity index (χ2v) is 8.09. The summed E-state index contributed by atoms with van der Waals surface area (Å²) >= 11 is 7.46. The predicted molar refractivity (Wildman–Crippen MR) is 121 cm³/mol. The van der Waals surface area contributed by atoms with Gasteiger partial charge in [0.1, 0.15) is 11.6 Å². The molecular formula is C22H20ClF2N3O3S. The average Bonchev–Trinajstić information content (AvgIpc) is 3.24. The summed E-state index contributed by atoms with van der Waals surface area (Å²) in [5.41, 5.74) is 6.07. The van der Waals surface area contributed by atoms with Gasteiger partial charge in [-0.2, -0.15) is 0 Å². The topological polar surface area (TPSA) is 90.8 Å². The minimum absolute atomic E-state index is 0.158. The summed E-state index contributed by atoms with van der Waals surface area (Å²) in [7, 11) is 2.73. The number of carbonyl (C=O) groups is 1. The summed E-state index contributed by atoms with van der Waals surface area (Å²) in [5, 5.41) is 1.70. The first-order valence-electron chi connectivity index (χ1n) is 9.23. The second kappa shape index (κ2) is 9.99. The molecule has 0 bridgehead atoms. The normalized spacial score (nSPS) is 11.1. The van der Waals surface area contributed by atoms with Gasteiger partial charge in [0.2, 0.25) is 5.78 Å². The molecule has 0 unspecified atom stereocenters. The first-order chi connectivity index (χ1) is 15.3. The van der Waals surface area contributed by atoms with E-state index in [0.717, 1.165) is 23.5 Å². The Morgan fingerprint density at radius 2 is 1.94 bits per heavy atom. The lowest BCUT2D eigenvalue weighted by molar-refractivity contribution is 0.103. The number of methoxy groups -OCH3 is 2. The molecule has 3 aromatic rings. The van der Waals surface area contributed by atoms with E-state index in [1.54, 1.807) is 12.1 Å². The molecule has 0 saturated carbocycles. The van der Waals surface area contributed by atoms with Crippen LogP contribution >= 0.6 is 22.9 Å². The first-order valence-corrected chi connectivity index (χ1v) is 10.4. The summed E-state index contributed by atoms with van der Waals surface area (Å²) in [6.07, 6.45) is 2.78. The zero-order chi connectivity index (χ0) is 23.4. The Morgan fingerprint density at radius 3 is 2.59 bits per heavy atom. The number of hydrogen-bond donors (Lipinski definition) is 2. The molecule has 0 spiro atoms. The van der Waals surface area contributed by atoms with E-state index in [9.17, 15) is 13.6 Å². The van der Waals surface area contributed by atoms with Gasteiger partial charge in [0.05, 0.1) is 36.2 Å². The molecule has 0 radical (unpaired) electrons. The van der Waals surface area contributed by atoms with Crippen LogP contribution in [0.2, 0.25) is 5.02 Å². The number of nitrogens with zero attached hydrogens (tertiary/aromatic N) is 1. The van der Waals surface area contributed by atoms with Gasteiger partial charge in [-0.1, -0.05) is 11.6 Å². The molecule has 0 aliphatic rings. The third-order valence-corrected chi connectivity index (χ3v) is 5.99. The number of halogens is 3. The molecule has 4 N–H and O–H groups in total. The third kappa shape index (κ3) is 4.69. The number of rotatable bonds is 8. The Labute approximate surface area is 192 Å². The Kier molecular flexibility index (Phi) is 7.34. The summed E-state index contributed by atoms with van der Waals surface area (Å²) < 4.78 is 39.0. The molecule has 0 aliphatic carbocycles. The molecule has 1 heterocycles. The Balaban J connectivity index is 2.00. The molecule has 32 heavy (non-hydrogen) atoms. The highest BCUT2D eigenvalue weighted by Gasteiger charge is 2.24. The summed E-state index contributed by atoms with van der Waals surface area (Å²) in [6, 6.07) is 8.79. The van der Waals surface area contributed by atoms with Crippen molar-refractivity contribution in [2.45, 2.75) is 6.54 Å². The van der Waals surface area contributed by atoms with Gasteiger partial charge in [-0.3, -0.25) is 4.79 Å². The van der Waals surface area contributed by atoms with Crippen LogP contribution in [0.4, 0.5) is 8.78 Å². The minimum Gasteiger partial charge on any atom is -0.495 e. The fraction of sp³-hybridized carbons (Fsp3) is 0.136. The van der Waals surface area contributed by atoms with Crippen LogP contribution in [0.5, 0.6) is 11.5 Å². The van der Waals surface area contributed by atoms with Crippen LogP contribution in [-0.4, -0.2) is 25.0 Å². The predicted octanol–water partition coefficient (Wildman–Crippen LogP) is 4.70. The molecule has 3 rings (SSSR count). The van der Waals surface area contributed by atoms with Crippen molar-refractivity contribution in [2.24, 2.45) is 11.6 Å². The lowest BCUT2D eigenvalue weighted by Gasteiger charge is -2.17. The van der Waals surface area contributed by atoms with Crippen molar-refractivity contribution in [2.75, 3.05) is 14.2 Å². The van der Waals surface area contributed by atoms with Crippen LogP contribution in [0, 0.1) is 11.6 Å². The summed E-state index contributed by atoms with van der Waals surface area (Å²) in [6.45, 7) is 0.252. The highest BCUT2D eigenvalue weighted by Crippen LogP contribution is 2.38. The number of ketones is 1. The van der Waals surface area contributed by atoms with Gasteiger partial charge in [0, 0.05) is 22.8 Å². The molecule has 0 fully saturated rings. The second-order valence-electron chi connectivity index (χ2n) is 6.60. The molecule has 0 saturated heterocycles. The molecule has 6 nitrogen and oxygen atoms in total. The monoisotopic (exact) mass is 479 g/mol. The molecule has 10 heteroatoms. The van der Waals surface area contributed by atoms with Crippen molar-refractivity contribution in [3.8, 4) is 21.9 Å². The Morgan fingerprint density at radius 1 is 1.19 bits per heavy atom. The Bertz CT molecular complexity index is 1180. The lowest BCUT2D eigenvalue weighted by Crippen LogP contribution is -2.24. The van der Waals surface area contributed by atoms with Crippen LogP contribution < -0.4 is 21.1 Å². The molecule has 0 amide bonds. The summed E-state index contributed by atoms with van der Waals surface area (Å²) in [5.74, 6) is 3.33. The molecule has 0 atom stereocenters. The maximum atomic E-state index is 14.5. The van der Waals surface area contributed by atoms with E-state index in [4.69, 9.17) is 32.7 Å². The average molecular weight is 480 g/mol. The zero-order valence-corrected chi connectivity index (χ0v) is 18.8. The number of carbonyl (C=O) groups excluding carboxylic acids is 1. The summed E-state index contributed by atoms with van der Waals surface area (Å²) in [4.78, 5) is 13.7. The molecule has 168 valence electrons. The van der Waals surface area contributed by atoms with Crippen molar-refractivity contribution >= 4 is 28.7 Å². The van der Waals surface area contributed by atoms with E-state index in [1.807, 2.05) is 6.07 Å². The number of ether oxygens (including phenoxy) is 2. The first kappa shape index (κ1) is 23.5. The van der Waals surface area contributed by atoms with Crippen molar-refractivity contribution in [1.82, 2.24) is 5.01 Å². The molecular weight excluding hydrogens is 460 g/mol. The van der Waals surface area contributed by atoms with Gasteiger partial charge in [0.15, 0.2) is 11.6 Å². The lowest BCUT2D eigenvalue weighted by atomic mass is 10.1. The Hall–Kier alpha value is -3.14. The SMILES string of the molecule is COc1ccc(F)c(C(=O)c2ccc(-c3cc(Cl)c(OC)c(CN(N)/C=C\N)c3)s2)c1F. The van der Waals surface area contributed by atoms with Crippen LogP contribution in [0.3, 0.4) is 0 Å². The van der Waals surface area contributed by atoms with Crippen LogP contribution in [0.15, 0.2) is 48.8 Å². The maximum Gasteiger partial charge on any atom is 0.209 e. The standard InChI is InChI=1S/C22H20ClF2N3O3S/c1-30-16-4-3-15(24)19(20(16)25)21(29)18-6-5-17(32-18)12-9-13(11-28(27)8-7-26)22(31-2)14(23)10-12/h3-10H,11,26-27H2,1-2H3/b8-7-. The van der Waals surface area contributed by atoms with Crippen LogP contribution in [-0.2, 0) is 6.54 Å². The minimum atomic E-state index is -1.04. The number of thiophene rings is 1. The van der Waals surface area contributed by atoms with Crippen molar-refractivity contribution in [3.63, 3.8) is 0 Å². The van der Waals surface area contributed by atoms with Gasteiger partial charge in [0.25, 0.3) is 0 Å². The van der Waals surface area contributed by atoms with Crippen LogP contribution in [0.25, 0.3) is 10.4 Å². The fourth-order valence-corrected chi connectivity index (χ4v) is 4.39. The van der Waals surface area contributed by atoms with Gasteiger partial charge in [-0.05, 0) is 42.0 Å². The number of benzene rings is 2. The van der Waals surface area contributed by atoms with Crippen molar-refractivity contribution in [1.29, 1.82) is 0 Å². The zero-order valence-electron chi connectivity index (χ0n) is 17.2. The van der Waals surface area contributed by atoms with Gasteiger partial charge >= 0.3 is 0 Å². The van der Waals surface area contributed by atoms with Crippen molar-refractivity contribution in [3.05, 3.63) is 81.5 Å². The molecule has 1 aromatic heterocycles. The van der Waals surface area contributed by atoms with E-state index in [1.165, 1.54) is 37.7 Å². The van der Waals surface area contributed by atoms with Gasteiger partial charge in [-0.15, -0.1) is 11.3 Å². The smallest absolute Gasteiger partial charge is 0.209 e. The maximum absolute atomic E-state index is 14.5. The van der Waals surface area contributed by atoms with Crippen molar-refractivity contribution < 1.29 is 23.0 Å². The largest absolute Gasteiger partial charge is 0.495 e. The third-order valence-electron chi connectivity index (χ3n) is 4.57. The van der Waals surface area contributed by atoms with Crippen LogP contribution in [0.1, 0.15) is 20.8 Å². The van der Waals surface area contributed by atoms with E-state index >= 15 is 0 Å². The fourth-order valence-electron chi connectivity index (χ4n) is 3.14. The van der Waals surface area contributed by atoms with E-state index < -0.39 is 23.0 Å². The van der Waals surface area contributed by atoms with E-state index in [0.29, 0.717) is 26.8 Å². The van der Waals surface area contributed by atoms with E-state index in [-0.39, 0.29) is 17.2 Å². The van der Waals surface area contributed by atoms with Gasteiger partial charge < -0.3 is 20.2 Å².